The lowest BCUT2D eigenvalue weighted by atomic mass is 9.96. The Bertz CT molecular complexity index is 869. The van der Waals surface area contributed by atoms with E-state index in [0.717, 1.165) is 5.57 Å². The molecule has 0 saturated heterocycles. The maximum atomic E-state index is 12.1. The molecule has 0 amide bonds. The van der Waals surface area contributed by atoms with E-state index in [1.807, 2.05) is 0 Å². The minimum atomic E-state index is -0.400. The van der Waals surface area contributed by atoms with Crippen molar-refractivity contribution < 1.29 is 29.2 Å². The number of ether oxygens (including phenoxy) is 3. The van der Waals surface area contributed by atoms with Crippen molar-refractivity contribution in [3.63, 3.8) is 0 Å². The highest BCUT2D eigenvalue weighted by atomic mass is 16.5. The van der Waals surface area contributed by atoms with Gasteiger partial charge in [-0.15, -0.1) is 0 Å². The summed E-state index contributed by atoms with van der Waals surface area (Å²) in [5.74, 6) is 0.856. The van der Waals surface area contributed by atoms with Gasteiger partial charge in [0.2, 0.25) is 0 Å². The Morgan fingerprint density at radius 2 is 1.46 bits per heavy atom. The van der Waals surface area contributed by atoms with Gasteiger partial charge in [0.25, 0.3) is 0 Å². The molecule has 0 saturated carbocycles. The van der Waals surface area contributed by atoms with Crippen LogP contribution in [0.2, 0.25) is 0 Å². The van der Waals surface area contributed by atoms with E-state index >= 15 is 0 Å². The van der Waals surface area contributed by atoms with Crippen LogP contribution in [0.3, 0.4) is 0 Å². The van der Waals surface area contributed by atoms with Gasteiger partial charge in [-0.1, -0.05) is 12.1 Å². The quantitative estimate of drug-likeness (QED) is 0.774. The zero-order chi connectivity index (χ0) is 18.7. The Balaban J connectivity index is 1.87. The van der Waals surface area contributed by atoms with Crippen molar-refractivity contribution in [3.05, 3.63) is 58.7 Å². The summed E-state index contributed by atoms with van der Waals surface area (Å²) < 4.78 is 15.3. The average Bonchev–Trinajstić information content (AvgIpc) is 2.98. The summed E-state index contributed by atoms with van der Waals surface area (Å²) in [5.41, 5.74) is 2.57. The fourth-order valence-corrected chi connectivity index (χ4v) is 2.89. The number of benzene rings is 2. The molecule has 6 nitrogen and oxygen atoms in total. The van der Waals surface area contributed by atoms with E-state index in [-0.39, 0.29) is 24.5 Å². The molecule has 0 aliphatic carbocycles. The molecule has 3 rings (SSSR count). The van der Waals surface area contributed by atoms with Crippen LogP contribution >= 0.6 is 0 Å². The SMILES string of the molecule is COc1ccc(CC2=C(Cc3ccc(OC)cc3O)C(=O)OC2)c(O)c1. The molecule has 26 heavy (non-hydrogen) atoms. The van der Waals surface area contributed by atoms with Gasteiger partial charge in [-0.2, -0.15) is 0 Å². The molecule has 136 valence electrons. The molecule has 0 aromatic heterocycles. The number of cyclic esters (lactones) is 1. The number of phenols is 2. The topological polar surface area (TPSA) is 85.2 Å². The van der Waals surface area contributed by atoms with Crippen LogP contribution in [-0.4, -0.2) is 37.0 Å². The van der Waals surface area contributed by atoms with E-state index in [9.17, 15) is 15.0 Å². The fourth-order valence-electron chi connectivity index (χ4n) is 2.89. The molecule has 1 aliphatic rings. The highest BCUT2D eigenvalue weighted by Gasteiger charge is 2.26. The summed E-state index contributed by atoms with van der Waals surface area (Å²) in [6.45, 7) is 0.177. The third-order valence-electron chi connectivity index (χ3n) is 4.41. The highest BCUT2D eigenvalue weighted by Crippen LogP contribution is 2.32. The first-order valence-corrected chi connectivity index (χ1v) is 8.11. The minimum Gasteiger partial charge on any atom is -0.508 e. The third-order valence-corrected chi connectivity index (χ3v) is 4.41. The van der Waals surface area contributed by atoms with Crippen molar-refractivity contribution in [2.75, 3.05) is 20.8 Å². The Morgan fingerprint density at radius 3 is 1.96 bits per heavy atom. The molecule has 2 N–H and O–H groups in total. The van der Waals surface area contributed by atoms with E-state index in [2.05, 4.69) is 0 Å². The van der Waals surface area contributed by atoms with Crippen molar-refractivity contribution in [3.8, 4) is 23.0 Å². The van der Waals surface area contributed by atoms with E-state index in [0.29, 0.717) is 34.6 Å². The van der Waals surface area contributed by atoms with E-state index in [4.69, 9.17) is 14.2 Å². The van der Waals surface area contributed by atoms with E-state index < -0.39 is 5.97 Å². The zero-order valence-corrected chi connectivity index (χ0v) is 14.6. The summed E-state index contributed by atoms with van der Waals surface area (Å²) in [4.78, 5) is 12.1. The number of carbonyl (C=O) groups excluding carboxylic acids is 1. The first-order chi connectivity index (χ1) is 12.5. The smallest absolute Gasteiger partial charge is 0.334 e. The maximum absolute atomic E-state index is 12.1. The fraction of sp³-hybridized carbons (Fsp3) is 0.250. The van der Waals surface area contributed by atoms with Crippen molar-refractivity contribution in [2.24, 2.45) is 0 Å². The number of rotatable bonds is 6. The number of hydrogen-bond acceptors (Lipinski definition) is 6. The second-order valence-electron chi connectivity index (χ2n) is 6.00. The summed E-state index contributed by atoms with van der Waals surface area (Å²) >= 11 is 0. The molecule has 0 atom stereocenters. The Labute approximate surface area is 151 Å². The molecule has 1 aliphatic heterocycles. The van der Waals surface area contributed by atoms with Crippen molar-refractivity contribution in [1.82, 2.24) is 0 Å². The van der Waals surface area contributed by atoms with Gasteiger partial charge in [-0.3, -0.25) is 0 Å². The van der Waals surface area contributed by atoms with Gasteiger partial charge >= 0.3 is 5.97 Å². The molecule has 0 bridgehead atoms. The Morgan fingerprint density at radius 1 is 0.923 bits per heavy atom. The van der Waals surface area contributed by atoms with Gasteiger partial charge in [-0.05, 0) is 28.8 Å². The van der Waals surface area contributed by atoms with E-state index in [1.54, 1.807) is 24.3 Å². The van der Waals surface area contributed by atoms with Crippen molar-refractivity contribution in [2.45, 2.75) is 12.8 Å². The summed E-state index contributed by atoms with van der Waals surface area (Å²) in [6.07, 6.45) is 0.634. The number of esters is 1. The van der Waals surface area contributed by atoms with Crippen LogP contribution in [0.15, 0.2) is 47.5 Å². The number of hydrogen-bond donors (Lipinski definition) is 2. The van der Waals surface area contributed by atoms with Crippen LogP contribution in [0.25, 0.3) is 0 Å². The summed E-state index contributed by atoms with van der Waals surface area (Å²) in [7, 11) is 3.05. The van der Waals surface area contributed by atoms with Crippen LogP contribution in [0.4, 0.5) is 0 Å². The zero-order valence-electron chi connectivity index (χ0n) is 14.6. The predicted octanol–water partition coefficient (Wildman–Crippen LogP) is 2.75. The number of phenolic OH excluding ortho intramolecular Hbond substituents is 2. The predicted molar refractivity (Wildman–Crippen MR) is 94.7 cm³/mol. The Kier molecular flexibility index (Phi) is 5.02. The lowest BCUT2D eigenvalue weighted by Crippen LogP contribution is -2.03. The molecule has 2 aromatic carbocycles. The molecule has 0 fully saturated rings. The van der Waals surface area contributed by atoms with Crippen LogP contribution in [0, 0.1) is 0 Å². The highest BCUT2D eigenvalue weighted by molar-refractivity contribution is 5.92. The van der Waals surface area contributed by atoms with Crippen LogP contribution < -0.4 is 9.47 Å². The van der Waals surface area contributed by atoms with Gasteiger partial charge in [0, 0.05) is 30.5 Å². The molecule has 0 spiro atoms. The first kappa shape index (κ1) is 17.7. The maximum Gasteiger partial charge on any atom is 0.334 e. The molecule has 2 aromatic rings. The third kappa shape index (κ3) is 3.59. The standard InChI is InChI=1S/C20H20O6/c1-24-15-5-3-12(18(21)9-15)7-14-11-26-20(23)17(14)8-13-4-6-16(25-2)10-19(13)22/h3-6,9-10,21-22H,7-8,11H2,1-2H3. The summed E-state index contributed by atoms with van der Waals surface area (Å²) in [5, 5.41) is 20.3. The molecule has 0 unspecified atom stereocenters. The van der Waals surface area contributed by atoms with Gasteiger partial charge in [0.1, 0.15) is 29.6 Å². The first-order valence-electron chi connectivity index (χ1n) is 8.11. The van der Waals surface area contributed by atoms with Gasteiger partial charge in [0.05, 0.1) is 14.2 Å². The Hall–Kier alpha value is -3.15. The number of aromatic hydroxyl groups is 2. The van der Waals surface area contributed by atoms with Crippen molar-refractivity contribution >= 4 is 5.97 Å². The van der Waals surface area contributed by atoms with Gasteiger partial charge < -0.3 is 24.4 Å². The van der Waals surface area contributed by atoms with Gasteiger partial charge in [0.15, 0.2) is 0 Å². The normalized spacial score (nSPS) is 13.7. The second-order valence-corrected chi connectivity index (χ2v) is 6.00. The molecular formula is C20H20O6. The largest absolute Gasteiger partial charge is 0.508 e. The van der Waals surface area contributed by atoms with E-state index in [1.165, 1.54) is 26.4 Å². The summed E-state index contributed by atoms with van der Waals surface area (Å²) in [6, 6.07) is 9.99. The molecule has 6 heteroatoms. The lowest BCUT2D eigenvalue weighted by Gasteiger charge is -2.09. The van der Waals surface area contributed by atoms with Crippen LogP contribution in [-0.2, 0) is 22.4 Å². The average molecular weight is 356 g/mol. The molecule has 1 heterocycles. The van der Waals surface area contributed by atoms with Crippen LogP contribution in [0.1, 0.15) is 11.1 Å². The monoisotopic (exact) mass is 356 g/mol. The minimum absolute atomic E-state index is 0.0585. The molecule has 0 radical (unpaired) electrons. The molecular weight excluding hydrogens is 336 g/mol. The lowest BCUT2D eigenvalue weighted by molar-refractivity contribution is -0.136. The number of carbonyl (C=O) groups is 1. The van der Waals surface area contributed by atoms with Crippen LogP contribution in [0.5, 0.6) is 23.0 Å². The van der Waals surface area contributed by atoms with Crippen molar-refractivity contribution in [1.29, 1.82) is 0 Å². The number of methoxy groups -OCH3 is 2. The van der Waals surface area contributed by atoms with Gasteiger partial charge in [-0.25, -0.2) is 4.79 Å². The second kappa shape index (κ2) is 7.39.